The Kier molecular flexibility index (Phi) is 7.17. The van der Waals surface area contributed by atoms with Gasteiger partial charge in [-0.3, -0.25) is 4.79 Å². The van der Waals surface area contributed by atoms with Crippen LogP contribution in [0.5, 0.6) is 17.2 Å². The molecule has 0 radical (unpaired) electrons. The monoisotopic (exact) mass is 450 g/mol. The topological polar surface area (TPSA) is 74.0 Å². The number of hydrogen-bond donors (Lipinski definition) is 0. The number of aromatic nitrogens is 1. The van der Waals surface area contributed by atoms with Crippen molar-refractivity contribution in [3.63, 3.8) is 0 Å². The largest absolute Gasteiger partial charge is 0.496 e. The van der Waals surface area contributed by atoms with Gasteiger partial charge in [-0.15, -0.1) is 0 Å². The number of oxazole rings is 1. The van der Waals surface area contributed by atoms with E-state index in [4.69, 9.17) is 18.6 Å². The van der Waals surface area contributed by atoms with Crippen molar-refractivity contribution in [1.29, 1.82) is 0 Å². The van der Waals surface area contributed by atoms with Gasteiger partial charge in [0.25, 0.3) is 5.91 Å². The molecule has 7 nitrogen and oxygen atoms in total. The molecule has 0 unspecified atom stereocenters. The maximum Gasteiger partial charge on any atom is 0.261 e. The number of nitrogens with zero attached hydrogens (tertiary/aromatic N) is 2. The number of aryl methyl sites for hydroxylation is 1. The quantitative estimate of drug-likeness (QED) is 0.494. The molecule has 0 aliphatic carbocycles. The summed E-state index contributed by atoms with van der Waals surface area (Å²) >= 11 is 0. The summed E-state index contributed by atoms with van der Waals surface area (Å²) in [6.45, 7) is 2.57. The van der Waals surface area contributed by atoms with Gasteiger partial charge in [-0.05, 0) is 49.9 Å². The standard InChI is InChI=1S/C26H30N2O5/c1-18-11-12-23(24(14-18)31-3)32-17-25(29)28-13-7-6-9-21(28)26-27-16-20(33-26)15-19-8-4-5-10-22(19)30-2/h4-5,8,10-12,14,16,21H,6-7,9,13,15,17H2,1-3H3/t21-/m1/s1. The average Bonchev–Trinajstić information content (AvgIpc) is 3.31. The minimum atomic E-state index is -0.193. The Bertz CT molecular complexity index is 1090. The van der Waals surface area contributed by atoms with Crippen LogP contribution in [-0.2, 0) is 11.2 Å². The Morgan fingerprint density at radius 1 is 1.09 bits per heavy atom. The lowest BCUT2D eigenvalue weighted by Crippen LogP contribution is -2.41. The number of piperidine rings is 1. The first-order valence-electron chi connectivity index (χ1n) is 11.2. The van der Waals surface area contributed by atoms with Crippen LogP contribution in [-0.4, -0.2) is 43.2 Å². The zero-order valence-corrected chi connectivity index (χ0v) is 19.4. The van der Waals surface area contributed by atoms with Crippen LogP contribution in [0.2, 0.25) is 0 Å². The molecule has 2 heterocycles. The van der Waals surface area contributed by atoms with Crippen LogP contribution >= 0.6 is 0 Å². The fraction of sp³-hybridized carbons (Fsp3) is 0.385. The van der Waals surface area contributed by atoms with E-state index in [0.717, 1.165) is 41.9 Å². The number of ether oxygens (including phenoxy) is 3. The van der Waals surface area contributed by atoms with Crippen LogP contribution in [0.15, 0.2) is 53.1 Å². The summed E-state index contributed by atoms with van der Waals surface area (Å²) in [5, 5.41) is 0. The Morgan fingerprint density at radius 3 is 2.73 bits per heavy atom. The first-order valence-corrected chi connectivity index (χ1v) is 11.2. The van der Waals surface area contributed by atoms with Crippen molar-refractivity contribution in [2.75, 3.05) is 27.4 Å². The van der Waals surface area contributed by atoms with Gasteiger partial charge >= 0.3 is 0 Å². The van der Waals surface area contributed by atoms with E-state index in [1.807, 2.05) is 54.3 Å². The van der Waals surface area contributed by atoms with Crippen molar-refractivity contribution < 1.29 is 23.4 Å². The van der Waals surface area contributed by atoms with Gasteiger partial charge in [0.1, 0.15) is 17.6 Å². The number of amides is 1. The Hall–Kier alpha value is -3.48. The molecule has 0 N–H and O–H groups in total. The highest BCUT2D eigenvalue weighted by atomic mass is 16.5. The third-order valence-electron chi connectivity index (χ3n) is 5.91. The van der Waals surface area contributed by atoms with Crippen molar-refractivity contribution in [1.82, 2.24) is 9.88 Å². The maximum atomic E-state index is 13.1. The second kappa shape index (κ2) is 10.4. The minimum Gasteiger partial charge on any atom is -0.496 e. The molecule has 33 heavy (non-hydrogen) atoms. The molecule has 3 aromatic rings. The Labute approximate surface area is 194 Å². The van der Waals surface area contributed by atoms with E-state index in [9.17, 15) is 4.79 Å². The van der Waals surface area contributed by atoms with Gasteiger partial charge in [0.15, 0.2) is 18.1 Å². The lowest BCUT2D eigenvalue weighted by Gasteiger charge is -2.33. The number of benzene rings is 2. The van der Waals surface area contributed by atoms with Crippen molar-refractivity contribution in [2.24, 2.45) is 0 Å². The lowest BCUT2D eigenvalue weighted by molar-refractivity contribution is -0.137. The molecule has 7 heteroatoms. The third-order valence-corrected chi connectivity index (χ3v) is 5.91. The highest BCUT2D eigenvalue weighted by molar-refractivity contribution is 5.78. The molecule has 174 valence electrons. The number of likely N-dealkylation sites (tertiary alicyclic amines) is 1. The molecule has 1 aliphatic rings. The first-order chi connectivity index (χ1) is 16.1. The van der Waals surface area contributed by atoms with Gasteiger partial charge in [-0.25, -0.2) is 4.98 Å². The highest BCUT2D eigenvalue weighted by Crippen LogP contribution is 2.32. The van der Waals surface area contributed by atoms with E-state index in [1.165, 1.54) is 0 Å². The molecule has 1 atom stereocenters. The maximum absolute atomic E-state index is 13.1. The molecule has 2 aromatic carbocycles. The third kappa shape index (κ3) is 5.30. The smallest absolute Gasteiger partial charge is 0.261 e. The summed E-state index contributed by atoms with van der Waals surface area (Å²) in [5.41, 5.74) is 2.09. The first kappa shape index (κ1) is 22.7. The predicted molar refractivity (Wildman–Crippen MR) is 124 cm³/mol. The summed E-state index contributed by atoms with van der Waals surface area (Å²) in [7, 11) is 3.25. The summed E-state index contributed by atoms with van der Waals surface area (Å²) < 4.78 is 22.7. The van der Waals surface area contributed by atoms with Crippen LogP contribution in [0.25, 0.3) is 0 Å². The molecular weight excluding hydrogens is 420 g/mol. The normalized spacial score (nSPS) is 15.8. The lowest BCUT2D eigenvalue weighted by atomic mass is 10.0. The second-order valence-electron chi connectivity index (χ2n) is 8.20. The molecule has 0 spiro atoms. The van der Waals surface area contributed by atoms with Crippen molar-refractivity contribution in [2.45, 2.75) is 38.6 Å². The minimum absolute atomic E-state index is 0.0648. The van der Waals surface area contributed by atoms with Gasteiger partial charge < -0.3 is 23.5 Å². The van der Waals surface area contributed by atoms with E-state index in [2.05, 4.69) is 4.98 Å². The van der Waals surface area contributed by atoms with Crippen LogP contribution < -0.4 is 14.2 Å². The molecule has 0 bridgehead atoms. The van der Waals surface area contributed by atoms with Crippen molar-refractivity contribution >= 4 is 5.91 Å². The van der Waals surface area contributed by atoms with E-state index >= 15 is 0 Å². The zero-order chi connectivity index (χ0) is 23.2. The van der Waals surface area contributed by atoms with Crippen LogP contribution in [0, 0.1) is 6.92 Å². The molecule has 1 fully saturated rings. The van der Waals surface area contributed by atoms with Gasteiger partial charge in [-0.1, -0.05) is 24.3 Å². The SMILES string of the molecule is COc1ccccc1Cc1cnc([C@H]2CCCCN2C(=O)COc2ccc(C)cc2OC)o1. The van der Waals surface area contributed by atoms with E-state index in [-0.39, 0.29) is 18.6 Å². The summed E-state index contributed by atoms with van der Waals surface area (Å²) in [4.78, 5) is 19.4. The zero-order valence-electron chi connectivity index (χ0n) is 19.4. The number of carbonyl (C=O) groups excluding carboxylic acids is 1. The number of rotatable bonds is 8. The van der Waals surface area contributed by atoms with Crippen molar-refractivity contribution in [3.05, 3.63) is 71.4 Å². The highest BCUT2D eigenvalue weighted by Gasteiger charge is 2.31. The second-order valence-corrected chi connectivity index (χ2v) is 8.20. The van der Waals surface area contributed by atoms with Gasteiger partial charge in [0.2, 0.25) is 5.89 Å². The molecule has 1 aromatic heterocycles. The summed E-state index contributed by atoms with van der Waals surface area (Å²) in [6.07, 6.45) is 5.10. The molecule has 1 aliphatic heterocycles. The Balaban J connectivity index is 1.45. The summed E-state index contributed by atoms with van der Waals surface area (Å²) in [5.74, 6) is 3.21. The van der Waals surface area contributed by atoms with Crippen LogP contribution in [0.4, 0.5) is 0 Å². The van der Waals surface area contributed by atoms with Gasteiger partial charge in [0.05, 0.1) is 20.4 Å². The predicted octanol–water partition coefficient (Wildman–Crippen LogP) is 4.72. The molecule has 0 saturated carbocycles. The van der Waals surface area contributed by atoms with Crippen molar-refractivity contribution in [3.8, 4) is 17.2 Å². The van der Waals surface area contributed by atoms with E-state index in [1.54, 1.807) is 20.4 Å². The fourth-order valence-corrected chi connectivity index (χ4v) is 4.20. The molecule has 4 rings (SSSR count). The van der Waals surface area contributed by atoms with Gasteiger partial charge in [-0.2, -0.15) is 0 Å². The molecule has 1 amide bonds. The fourth-order valence-electron chi connectivity index (χ4n) is 4.20. The molecule has 1 saturated heterocycles. The molecular formula is C26H30N2O5. The van der Waals surface area contributed by atoms with Crippen LogP contribution in [0.3, 0.4) is 0 Å². The number of hydrogen-bond acceptors (Lipinski definition) is 6. The number of carbonyl (C=O) groups is 1. The van der Waals surface area contributed by atoms with E-state index < -0.39 is 0 Å². The number of para-hydroxylation sites is 1. The van der Waals surface area contributed by atoms with E-state index in [0.29, 0.717) is 30.4 Å². The Morgan fingerprint density at radius 2 is 1.91 bits per heavy atom. The van der Waals surface area contributed by atoms with Gasteiger partial charge in [0, 0.05) is 18.5 Å². The average molecular weight is 451 g/mol. The summed E-state index contributed by atoms with van der Waals surface area (Å²) in [6, 6.07) is 13.3. The number of methoxy groups -OCH3 is 2. The van der Waals surface area contributed by atoms with Crippen LogP contribution in [0.1, 0.15) is 48.1 Å².